The van der Waals surface area contributed by atoms with Crippen LogP contribution in [-0.2, 0) is 4.79 Å². The first-order valence-corrected chi connectivity index (χ1v) is 9.23. The number of H-pyrrole nitrogens is 1. The second-order valence-corrected chi connectivity index (χ2v) is 8.45. The smallest absolute Gasteiger partial charge is 0.224 e. The van der Waals surface area contributed by atoms with Gasteiger partial charge < -0.3 is 10.3 Å². The van der Waals surface area contributed by atoms with E-state index in [4.69, 9.17) is 0 Å². The third-order valence-electron chi connectivity index (χ3n) is 4.27. The molecule has 0 radical (unpaired) electrons. The molecule has 1 saturated carbocycles. The molecule has 2 aromatic heterocycles. The number of benzene rings is 1. The summed E-state index contributed by atoms with van der Waals surface area (Å²) in [5.41, 5.74) is 2.00. The zero-order valence-electron chi connectivity index (χ0n) is 12.5. The molecule has 0 aliphatic heterocycles. The number of halogens is 1. The van der Waals surface area contributed by atoms with Gasteiger partial charge in [0.25, 0.3) is 0 Å². The van der Waals surface area contributed by atoms with Crippen molar-refractivity contribution in [3.05, 3.63) is 50.9 Å². The number of aromatic amines is 1. The number of rotatable bonds is 4. The van der Waals surface area contributed by atoms with Crippen molar-refractivity contribution in [2.75, 3.05) is 0 Å². The summed E-state index contributed by atoms with van der Waals surface area (Å²) in [5.74, 6) is 1.29. The maximum Gasteiger partial charge on any atom is 0.224 e. The van der Waals surface area contributed by atoms with E-state index >= 15 is 0 Å². The number of nitrogens with one attached hydrogen (secondary N) is 2. The Hall–Kier alpha value is -1.66. The van der Waals surface area contributed by atoms with Crippen LogP contribution in [0.1, 0.15) is 36.0 Å². The summed E-state index contributed by atoms with van der Waals surface area (Å²) in [6.45, 7) is 2.02. The Balaban J connectivity index is 1.43. The lowest BCUT2D eigenvalue weighted by atomic mass is 10.2. The number of fused-ring (bicyclic) bond motifs is 1. The van der Waals surface area contributed by atoms with Gasteiger partial charge >= 0.3 is 0 Å². The normalized spacial score (nSPS) is 21.3. The minimum absolute atomic E-state index is 0.0291. The first kappa shape index (κ1) is 14.9. The van der Waals surface area contributed by atoms with Gasteiger partial charge in [-0.1, -0.05) is 12.1 Å². The van der Waals surface area contributed by atoms with Gasteiger partial charge in [-0.3, -0.25) is 4.79 Å². The highest BCUT2D eigenvalue weighted by Gasteiger charge is 2.46. The van der Waals surface area contributed by atoms with E-state index in [1.807, 2.05) is 43.3 Å². The van der Waals surface area contributed by atoms with Crippen molar-refractivity contribution in [3.8, 4) is 0 Å². The molecule has 1 aliphatic carbocycles. The van der Waals surface area contributed by atoms with Crippen LogP contribution in [0.3, 0.4) is 0 Å². The Morgan fingerprint density at radius 2 is 2.22 bits per heavy atom. The number of thiophene rings is 1. The molecule has 1 aromatic carbocycles. The molecular formula is C17H16BrN3OS. The molecule has 0 unspecified atom stereocenters. The summed E-state index contributed by atoms with van der Waals surface area (Å²) in [4.78, 5) is 21.5. The van der Waals surface area contributed by atoms with Crippen molar-refractivity contribution in [2.24, 2.45) is 5.92 Å². The maximum absolute atomic E-state index is 12.4. The molecular weight excluding hydrogens is 374 g/mol. The molecule has 3 atom stereocenters. The second kappa shape index (κ2) is 5.76. The van der Waals surface area contributed by atoms with Gasteiger partial charge in [0.05, 0.1) is 20.9 Å². The summed E-state index contributed by atoms with van der Waals surface area (Å²) in [5, 5.41) is 3.11. The maximum atomic E-state index is 12.4. The van der Waals surface area contributed by atoms with Crippen molar-refractivity contribution < 1.29 is 4.79 Å². The summed E-state index contributed by atoms with van der Waals surface area (Å²) >= 11 is 5.11. The van der Waals surface area contributed by atoms with Crippen LogP contribution < -0.4 is 5.32 Å². The molecule has 118 valence electrons. The van der Waals surface area contributed by atoms with Crippen LogP contribution in [0, 0.1) is 5.92 Å². The number of nitrogens with zero attached hydrogens (tertiary/aromatic N) is 1. The first-order chi connectivity index (χ1) is 11.1. The van der Waals surface area contributed by atoms with E-state index in [0.717, 1.165) is 31.9 Å². The predicted octanol–water partition coefficient (Wildman–Crippen LogP) is 4.37. The number of para-hydroxylation sites is 2. The zero-order chi connectivity index (χ0) is 16.0. The van der Waals surface area contributed by atoms with Gasteiger partial charge in [0.1, 0.15) is 5.82 Å². The van der Waals surface area contributed by atoms with E-state index in [2.05, 4.69) is 31.2 Å². The Kier molecular flexibility index (Phi) is 3.73. The number of amides is 1. The van der Waals surface area contributed by atoms with Crippen molar-refractivity contribution in [1.29, 1.82) is 0 Å². The number of aromatic nitrogens is 2. The molecule has 0 saturated heterocycles. The molecule has 2 heterocycles. The molecule has 2 N–H and O–H groups in total. The van der Waals surface area contributed by atoms with Crippen molar-refractivity contribution in [2.45, 2.75) is 25.3 Å². The third kappa shape index (κ3) is 2.93. The van der Waals surface area contributed by atoms with E-state index in [1.54, 1.807) is 11.3 Å². The second-order valence-electron chi connectivity index (χ2n) is 5.96. The number of hydrogen-bond acceptors (Lipinski definition) is 3. The quantitative estimate of drug-likeness (QED) is 0.695. The minimum atomic E-state index is 0.0291. The van der Waals surface area contributed by atoms with Gasteiger partial charge in [0.15, 0.2) is 0 Å². The lowest BCUT2D eigenvalue weighted by Gasteiger charge is -2.11. The molecule has 4 rings (SSSR count). The van der Waals surface area contributed by atoms with Gasteiger partial charge in [0.2, 0.25) is 5.91 Å². The van der Waals surface area contributed by atoms with Crippen LogP contribution in [-0.4, -0.2) is 15.9 Å². The Morgan fingerprint density at radius 3 is 2.96 bits per heavy atom. The highest BCUT2D eigenvalue weighted by molar-refractivity contribution is 9.11. The molecule has 1 aliphatic rings. The Bertz CT molecular complexity index is 838. The van der Waals surface area contributed by atoms with Gasteiger partial charge in [-0.15, -0.1) is 11.3 Å². The van der Waals surface area contributed by atoms with Gasteiger partial charge in [0, 0.05) is 16.7 Å². The van der Waals surface area contributed by atoms with Gasteiger partial charge in [-0.2, -0.15) is 0 Å². The molecule has 4 nitrogen and oxygen atoms in total. The fourth-order valence-corrected chi connectivity index (χ4v) is 4.31. The van der Waals surface area contributed by atoms with E-state index in [0.29, 0.717) is 0 Å². The van der Waals surface area contributed by atoms with E-state index < -0.39 is 0 Å². The molecule has 0 bridgehead atoms. The number of hydrogen-bond donors (Lipinski definition) is 2. The highest BCUT2D eigenvalue weighted by atomic mass is 79.9. The van der Waals surface area contributed by atoms with Gasteiger partial charge in [-0.25, -0.2) is 4.98 Å². The standard InChI is InChI=1S/C17H16BrN3OS/c1-9(14-6-7-15(18)23-14)19-17(22)11-8-10(11)16-20-12-4-2-3-5-13(12)21-16/h2-7,9-11H,8H2,1H3,(H,19,22)(H,20,21)/t9-,10-,11-/m1/s1. The number of carbonyl (C=O) groups is 1. The molecule has 23 heavy (non-hydrogen) atoms. The average molecular weight is 390 g/mol. The topological polar surface area (TPSA) is 57.8 Å². The van der Waals surface area contributed by atoms with E-state index in [9.17, 15) is 4.79 Å². The summed E-state index contributed by atoms with van der Waals surface area (Å²) < 4.78 is 1.08. The highest BCUT2D eigenvalue weighted by Crippen LogP contribution is 2.47. The SMILES string of the molecule is C[C@@H](NC(=O)[C@@H]1C[C@H]1c1nc2ccccc2[nH]1)c1ccc(Br)s1. The molecule has 1 fully saturated rings. The predicted molar refractivity (Wildman–Crippen MR) is 95.5 cm³/mol. The monoisotopic (exact) mass is 389 g/mol. The van der Waals surface area contributed by atoms with Crippen LogP contribution in [0.4, 0.5) is 0 Å². The molecule has 6 heteroatoms. The van der Waals surface area contributed by atoms with Crippen LogP contribution in [0.5, 0.6) is 0 Å². The average Bonchev–Trinajstić information content (AvgIpc) is 3.03. The van der Waals surface area contributed by atoms with Crippen LogP contribution in [0.25, 0.3) is 11.0 Å². The van der Waals surface area contributed by atoms with E-state index in [-0.39, 0.29) is 23.8 Å². The summed E-state index contributed by atoms with van der Waals surface area (Å²) in [6.07, 6.45) is 0.868. The molecule has 3 aromatic rings. The first-order valence-electron chi connectivity index (χ1n) is 7.62. The van der Waals surface area contributed by atoms with Crippen molar-refractivity contribution in [1.82, 2.24) is 15.3 Å². The Morgan fingerprint density at radius 1 is 1.39 bits per heavy atom. The fraction of sp³-hybridized carbons (Fsp3) is 0.294. The van der Waals surface area contributed by atoms with Crippen molar-refractivity contribution in [3.63, 3.8) is 0 Å². The zero-order valence-corrected chi connectivity index (χ0v) is 14.9. The largest absolute Gasteiger partial charge is 0.349 e. The lowest BCUT2D eigenvalue weighted by Crippen LogP contribution is -2.28. The molecule has 1 amide bonds. The third-order valence-corrected chi connectivity index (χ3v) is 6.07. The molecule has 0 spiro atoms. The fourth-order valence-electron chi connectivity index (χ4n) is 2.89. The van der Waals surface area contributed by atoms with Gasteiger partial charge in [-0.05, 0) is 53.5 Å². The van der Waals surface area contributed by atoms with Crippen LogP contribution >= 0.6 is 27.3 Å². The number of carbonyl (C=O) groups excluding carboxylic acids is 1. The van der Waals surface area contributed by atoms with Crippen molar-refractivity contribution >= 4 is 44.2 Å². The lowest BCUT2D eigenvalue weighted by molar-refractivity contribution is -0.123. The number of imidazole rings is 1. The van der Waals surface area contributed by atoms with Crippen LogP contribution in [0.2, 0.25) is 0 Å². The summed E-state index contributed by atoms with van der Waals surface area (Å²) in [6, 6.07) is 12.1. The summed E-state index contributed by atoms with van der Waals surface area (Å²) in [7, 11) is 0. The van der Waals surface area contributed by atoms with Crippen LogP contribution in [0.15, 0.2) is 40.2 Å². The Labute approximate surface area is 146 Å². The van der Waals surface area contributed by atoms with E-state index in [1.165, 1.54) is 0 Å². The minimum Gasteiger partial charge on any atom is -0.349 e.